The molecule has 0 aliphatic rings. The Labute approximate surface area is 500 Å². The summed E-state index contributed by atoms with van der Waals surface area (Å²) >= 11 is 1.25. The van der Waals surface area contributed by atoms with Gasteiger partial charge in [0.2, 0.25) is 0 Å². The predicted molar refractivity (Wildman–Crippen MR) is 335 cm³/mol. The highest BCUT2D eigenvalue weighted by Crippen LogP contribution is 2.22. The van der Waals surface area contributed by atoms with Gasteiger partial charge < -0.3 is 33.5 Å². The number of rotatable bonds is 58. The summed E-state index contributed by atoms with van der Waals surface area (Å²) in [6.07, 6.45) is 41.5. The first-order chi connectivity index (χ1) is 39.5. The Morgan fingerprint density at radius 3 is 1.33 bits per heavy atom. The zero-order valence-corrected chi connectivity index (χ0v) is 53.9. The lowest BCUT2D eigenvalue weighted by molar-refractivity contribution is -0.150. The minimum atomic E-state index is -0.518. The predicted octanol–water partition coefficient (Wildman–Crippen LogP) is 17.3. The van der Waals surface area contributed by atoms with E-state index in [9.17, 15) is 28.8 Å². The normalized spacial score (nSPS) is 12.7. The molecule has 0 saturated heterocycles. The fraction of sp³-hybridized carbons (Fsp3) is 0.851. The van der Waals surface area contributed by atoms with Gasteiger partial charge in [0, 0.05) is 44.0 Å². The molecule has 1 amide bonds. The third kappa shape index (κ3) is 48.7. The Kier molecular flexibility index (Phi) is 55.9. The van der Waals surface area contributed by atoms with Crippen molar-refractivity contribution in [2.75, 3.05) is 71.5 Å². The van der Waals surface area contributed by atoms with Crippen molar-refractivity contribution in [3.63, 3.8) is 0 Å². The van der Waals surface area contributed by atoms with Gasteiger partial charge in [0.05, 0.1) is 44.9 Å². The number of esters is 5. The van der Waals surface area contributed by atoms with Crippen LogP contribution in [0, 0.1) is 17.8 Å². The molecule has 81 heavy (non-hydrogen) atoms. The average molecular weight is 1160 g/mol. The molecular weight excluding hydrogens is 1040 g/mol. The number of ether oxygens (including phenoxy) is 5. The Balaban J connectivity index is 5.63. The van der Waals surface area contributed by atoms with Crippen LogP contribution in [0.5, 0.6) is 0 Å². The zero-order valence-electron chi connectivity index (χ0n) is 53.1. The average Bonchev–Trinajstić information content (AvgIpc) is 3.46. The van der Waals surface area contributed by atoms with E-state index in [0.29, 0.717) is 50.8 Å². The number of allylic oxidation sites excluding steroid dienone is 4. The molecule has 0 rings (SSSR count). The number of carbonyl (C=O) groups excluding carboxylic acids is 6. The molecule has 0 saturated carbocycles. The maximum atomic E-state index is 14.0. The Hall–Kier alpha value is -3.39. The van der Waals surface area contributed by atoms with Crippen LogP contribution in [0.3, 0.4) is 0 Å². The topological polar surface area (TPSA) is 155 Å². The van der Waals surface area contributed by atoms with Crippen molar-refractivity contribution in [3.05, 3.63) is 24.3 Å². The van der Waals surface area contributed by atoms with Gasteiger partial charge in [-0.2, -0.15) is 0 Å². The molecule has 2 unspecified atom stereocenters. The molecule has 0 heterocycles. The summed E-state index contributed by atoms with van der Waals surface area (Å²) < 4.78 is 28.6. The molecule has 13 nitrogen and oxygen atoms in total. The summed E-state index contributed by atoms with van der Waals surface area (Å²) in [6.45, 7) is 18.9. The second kappa shape index (κ2) is 58.4. The standard InChI is InChI=1S/C67H122N2O11S/c1-8-15-20-23-24-25-26-27-28-29-30-31-32-33-36-47-62(70)76-54-41-51-69(67(75)81-55-42-50-68(13-6)14-7)56-59(57-79-63(71)48-37-39-52-77-65(73)60(43-18-11-4)45-34-21-16-9-2)58-80-64(72)49-38-40-53-78-66(74)61(44-19-12-5)46-35-22-17-10-3/h24-25,27-28,59-61H,8-23,26,29-58H2,1-7H3/b25-24-,28-27-. The monoisotopic (exact) mass is 1160 g/mol. The van der Waals surface area contributed by atoms with Crippen molar-refractivity contribution in [2.24, 2.45) is 17.8 Å². The van der Waals surface area contributed by atoms with Crippen LogP contribution in [-0.4, -0.2) is 116 Å². The summed E-state index contributed by atoms with van der Waals surface area (Å²) in [5.74, 6) is -1.41. The summed E-state index contributed by atoms with van der Waals surface area (Å²) in [7, 11) is 0. The Bertz CT molecular complexity index is 1530. The molecular formula is C67H122N2O11S. The molecule has 14 heteroatoms. The number of unbranched alkanes of at least 4 members (excludes halogenated alkanes) is 18. The van der Waals surface area contributed by atoms with Gasteiger partial charge in [-0.3, -0.25) is 28.8 Å². The minimum absolute atomic E-state index is 0.0647. The highest BCUT2D eigenvalue weighted by Gasteiger charge is 2.24. The third-order valence-electron chi connectivity index (χ3n) is 14.9. The molecule has 0 aliphatic carbocycles. The maximum absolute atomic E-state index is 14.0. The molecule has 0 N–H and O–H groups in total. The number of nitrogens with zero attached hydrogens (tertiary/aromatic N) is 2. The van der Waals surface area contributed by atoms with Gasteiger partial charge >= 0.3 is 29.8 Å². The van der Waals surface area contributed by atoms with Crippen molar-refractivity contribution in [3.8, 4) is 0 Å². The lowest BCUT2D eigenvalue weighted by Crippen LogP contribution is -2.38. The first-order valence-corrected chi connectivity index (χ1v) is 34.2. The van der Waals surface area contributed by atoms with Crippen LogP contribution in [0.2, 0.25) is 0 Å². The van der Waals surface area contributed by atoms with Crippen LogP contribution in [-0.2, 0) is 47.7 Å². The summed E-state index contributed by atoms with van der Waals surface area (Å²) in [6, 6.07) is 0. The fourth-order valence-electron chi connectivity index (χ4n) is 9.58. The van der Waals surface area contributed by atoms with Crippen molar-refractivity contribution in [1.82, 2.24) is 9.80 Å². The highest BCUT2D eigenvalue weighted by molar-refractivity contribution is 8.13. The lowest BCUT2D eigenvalue weighted by Gasteiger charge is -2.27. The zero-order chi connectivity index (χ0) is 59.7. The molecule has 0 radical (unpaired) electrons. The van der Waals surface area contributed by atoms with Crippen molar-refractivity contribution >= 4 is 46.8 Å². The van der Waals surface area contributed by atoms with E-state index in [2.05, 4.69) is 77.7 Å². The Morgan fingerprint density at radius 2 is 0.827 bits per heavy atom. The van der Waals surface area contributed by atoms with E-state index in [-0.39, 0.29) is 87.4 Å². The van der Waals surface area contributed by atoms with E-state index in [1.807, 2.05) is 0 Å². The summed E-state index contributed by atoms with van der Waals surface area (Å²) in [5.41, 5.74) is 0. The maximum Gasteiger partial charge on any atom is 0.308 e. The van der Waals surface area contributed by atoms with Crippen LogP contribution in [0.4, 0.5) is 4.79 Å². The van der Waals surface area contributed by atoms with Crippen LogP contribution < -0.4 is 0 Å². The molecule has 472 valence electrons. The first-order valence-electron chi connectivity index (χ1n) is 33.2. The molecule has 2 atom stereocenters. The second-order valence-electron chi connectivity index (χ2n) is 22.4. The lowest BCUT2D eigenvalue weighted by atomic mass is 9.95. The number of thioether (sulfide) groups is 1. The Morgan fingerprint density at radius 1 is 0.407 bits per heavy atom. The quantitative estimate of drug-likeness (QED) is 0.0246. The summed E-state index contributed by atoms with van der Waals surface area (Å²) in [4.78, 5) is 83.1. The number of amides is 1. The number of hydrogen-bond donors (Lipinski definition) is 0. The van der Waals surface area contributed by atoms with Gasteiger partial charge in [-0.25, -0.2) is 0 Å². The van der Waals surface area contributed by atoms with Crippen molar-refractivity contribution in [2.45, 2.75) is 280 Å². The van der Waals surface area contributed by atoms with E-state index in [4.69, 9.17) is 23.7 Å². The van der Waals surface area contributed by atoms with Gasteiger partial charge in [-0.1, -0.05) is 194 Å². The second-order valence-corrected chi connectivity index (χ2v) is 23.4. The minimum Gasteiger partial charge on any atom is -0.466 e. The van der Waals surface area contributed by atoms with Crippen LogP contribution >= 0.6 is 11.8 Å². The number of hydrogen-bond acceptors (Lipinski definition) is 13. The van der Waals surface area contributed by atoms with Crippen LogP contribution in [0.25, 0.3) is 0 Å². The summed E-state index contributed by atoms with van der Waals surface area (Å²) in [5, 5.41) is -0.131. The molecule has 0 aromatic heterocycles. The smallest absolute Gasteiger partial charge is 0.308 e. The number of carbonyl (C=O) groups is 6. The molecule has 0 fully saturated rings. The van der Waals surface area contributed by atoms with Gasteiger partial charge in [0.25, 0.3) is 5.24 Å². The van der Waals surface area contributed by atoms with Gasteiger partial charge in [-0.05, 0) is 122 Å². The molecule has 0 aromatic carbocycles. The van der Waals surface area contributed by atoms with Crippen molar-refractivity contribution in [1.29, 1.82) is 0 Å². The molecule has 0 spiro atoms. The molecule has 0 bridgehead atoms. The first kappa shape index (κ1) is 77.6. The fourth-order valence-corrected chi connectivity index (χ4v) is 10.4. The van der Waals surface area contributed by atoms with Gasteiger partial charge in [0.15, 0.2) is 0 Å². The van der Waals surface area contributed by atoms with Gasteiger partial charge in [-0.15, -0.1) is 0 Å². The SMILES string of the molecule is CCCCC/C=C\C/C=C\CCCCCCCC(=O)OCCCN(CC(COC(=O)CCCCOC(=O)C(CCCC)CCCCCC)COC(=O)CCCCOC(=O)C(CCCC)CCCCCC)C(=O)SCCCN(CC)CC. The van der Waals surface area contributed by atoms with Gasteiger partial charge in [0.1, 0.15) is 0 Å². The van der Waals surface area contributed by atoms with E-state index in [0.717, 1.165) is 161 Å². The van der Waals surface area contributed by atoms with E-state index in [1.54, 1.807) is 4.90 Å². The highest BCUT2D eigenvalue weighted by atomic mass is 32.2. The molecule has 0 aromatic rings. The third-order valence-corrected chi connectivity index (χ3v) is 15.9. The van der Waals surface area contributed by atoms with Crippen LogP contribution in [0.1, 0.15) is 280 Å². The van der Waals surface area contributed by atoms with E-state index < -0.39 is 17.9 Å². The largest absolute Gasteiger partial charge is 0.466 e. The van der Waals surface area contributed by atoms with Crippen molar-refractivity contribution < 1.29 is 52.5 Å². The van der Waals surface area contributed by atoms with E-state index >= 15 is 0 Å². The van der Waals surface area contributed by atoms with Crippen LogP contribution in [0.15, 0.2) is 24.3 Å². The molecule has 0 aliphatic heterocycles. The van der Waals surface area contributed by atoms with E-state index in [1.165, 1.54) is 50.3 Å².